The zero-order chi connectivity index (χ0) is 27.6. The van der Waals surface area contributed by atoms with Gasteiger partial charge < -0.3 is 5.32 Å². The second kappa shape index (κ2) is 13.8. The van der Waals surface area contributed by atoms with Gasteiger partial charge >= 0.3 is 0 Å². The largest absolute Gasteiger partial charge is 0.317 e. The molecule has 0 radical (unpaired) electrons. The monoisotopic (exact) mass is 529 g/mol. The first-order valence-electron chi connectivity index (χ1n) is 14.5. The number of hydrogen-bond donors (Lipinski definition) is 1. The molecule has 5 heteroatoms. The molecule has 1 aliphatic rings. The van der Waals surface area contributed by atoms with Gasteiger partial charge in [-0.25, -0.2) is 4.68 Å². The fourth-order valence-electron chi connectivity index (χ4n) is 5.10. The summed E-state index contributed by atoms with van der Waals surface area (Å²) in [4.78, 5) is 4.86. The normalized spacial score (nSPS) is 16.4. The number of benzene rings is 2. The van der Waals surface area contributed by atoms with Crippen LogP contribution in [0.15, 0.2) is 90.5 Å². The van der Waals surface area contributed by atoms with Gasteiger partial charge in [-0.1, -0.05) is 97.5 Å². The van der Waals surface area contributed by atoms with Crippen LogP contribution in [0, 0.1) is 6.92 Å². The molecule has 2 aromatic heterocycles. The molecule has 204 valence electrons. The van der Waals surface area contributed by atoms with Crippen molar-refractivity contribution in [3.05, 3.63) is 112 Å². The summed E-state index contributed by atoms with van der Waals surface area (Å²) in [6, 6.07) is 23.1. The average molecular weight is 530 g/mol. The predicted molar refractivity (Wildman–Crippen MR) is 166 cm³/mol. The van der Waals surface area contributed by atoms with Crippen LogP contribution in [-0.2, 0) is 6.54 Å². The Kier molecular flexibility index (Phi) is 9.49. The van der Waals surface area contributed by atoms with Gasteiger partial charge in [-0.15, -0.1) is 5.10 Å². The van der Waals surface area contributed by atoms with Crippen LogP contribution in [-0.4, -0.2) is 33.1 Å². The summed E-state index contributed by atoms with van der Waals surface area (Å²) in [5.74, 6) is 0. The Hall–Kier alpha value is -4.09. The van der Waals surface area contributed by atoms with Crippen LogP contribution in [0.4, 0.5) is 0 Å². The number of rotatable bonds is 12. The molecule has 40 heavy (non-hydrogen) atoms. The van der Waals surface area contributed by atoms with Crippen LogP contribution in [0.5, 0.6) is 0 Å². The van der Waals surface area contributed by atoms with Crippen molar-refractivity contribution in [3.63, 3.8) is 0 Å². The molecule has 1 N–H and O–H groups in total. The number of hydrogen-bond acceptors (Lipinski definition) is 4. The Bertz CT molecular complexity index is 1590. The minimum atomic E-state index is 0.634. The summed E-state index contributed by atoms with van der Waals surface area (Å²) in [6.07, 6.45) is 17.0. The molecule has 0 fully saturated rings. The molecule has 0 aliphatic heterocycles. The summed E-state index contributed by atoms with van der Waals surface area (Å²) < 4.78 is 1.97. The highest BCUT2D eigenvalue weighted by atomic mass is 15.4. The lowest BCUT2D eigenvalue weighted by molar-refractivity contribution is 0.600. The number of allylic oxidation sites excluding steroid dienone is 4. The molecule has 0 unspecified atom stereocenters. The van der Waals surface area contributed by atoms with Gasteiger partial charge in [-0.2, -0.15) is 0 Å². The van der Waals surface area contributed by atoms with Crippen molar-refractivity contribution in [1.82, 2.24) is 25.3 Å². The van der Waals surface area contributed by atoms with Crippen LogP contribution in [0.1, 0.15) is 50.3 Å². The molecule has 2 heterocycles. The Morgan fingerprint density at radius 2 is 1.70 bits per heavy atom. The Morgan fingerprint density at radius 1 is 0.825 bits per heavy atom. The van der Waals surface area contributed by atoms with Gasteiger partial charge in [0.1, 0.15) is 11.4 Å². The van der Waals surface area contributed by atoms with E-state index < -0.39 is 0 Å². The van der Waals surface area contributed by atoms with Crippen molar-refractivity contribution in [2.75, 3.05) is 13.1 Å². The highest BCUT2D eigenvalue weighted by Crippen LogP contribution is 2.29. The van der Waals surface area contributed by atoms with E-state index >= 15 is 0 Å². The van der Waals surface area contributed by atoms with Gasteiger partial charge in [-0.05, 0) is 85.5 Å². The first-order valence-corrected chi connectivity index (χ1v) is 14.5. The van der Waals surface area contributed by atoms with Gasteiger partial charge in [0.15, 0.2) is 0 Å². The molecular formula is C35H39N5. The fourth-order valence-corrected chi connectivity index (χ4v) is 5.10. The van der Waals surface area contributed by atoms with E-state index in [1.807, 2.05) is 35.9 Å². The van der Waals surface area contributed by atoms with E-state index in [4.69, 9.17) is 10.1 Å². The number of nitrogens with one attached hydrogen (secondary N) is 1. The highest BCUT2D eigenvalue weighted by molar-refractivity contribution is 5.76. The van der Waals surface area contributed by atoms with Crippen LogP contribution in [0.2, 0.25) is 0 Å². The first-order chi connectivity index (χ1) is 19.7. The van der Waals surface area contributed by atoms with Gasteiger partial charge in [0.25, 0.3) is 0 Å². The van der Waals surface area contributed by atoms with Crippen molar-refractivity contribution in [3.8, 4) is 22.6 Å². The molecule has 2 aromatic carbocycles. The topological polar surface area (TPSA) is 55.6 Å². The molecule has 5 nitrogen and oxygen atoms in total. The smallest absolute Gasteiger partial charge is 0.122 e. The van der Waals surface area contributed by atoms with Crippen LogP contribution >= 0.6 is 0 Å². The Balaban J connectivity index is 1.46. The van der Waals surface area contributed by atoms with Crippen LogP contribution in [0.25, 0.3) is 34.8 Å². The third kappa shape index (κ3) is 7.10. The SMILES string of the molecule is CCCNCCCCCC1=C/C=C/C=c2\ccc(-c3nnn(Cc4ccccc4)c3-c3cccc(C)n3)c\c2=C\1. The summed E-state index contributed by atoms with van der Waals surface area (Å²) in [5, 5.41) is 15.2. The molecule has 4 aromatic rings. The molecule has 0 amide bonds. The third-order valence-electron chi connectivity index (χ3n) is 7.19. The van der Waals surface area contributed by atoms with Crippen LogP contribution < -0.4 is 15.8 Å². The van der Waals surface area contributed by atoms with E-state index in [-0.39, 0.29) is 0 Å². The van der Waals surface area contributed by atoms with Gasteiger partial charge in [-0.3, -0.25) is 4.98 Å². The molecule has 0 spiro atoms. The third-order valence-corrected chi connectivity index (χ3v) is 7.19. The summed E-state index contributed by atoms with van der Waals surface area (Å²) in [6.45, 7) is 7.09. The van der Waals surface area contributed by atoms with E-state index in [2.05, 4.69) is 90.3 Å². The number of fused-ring (bicyclic) bond motifs is 1. The minimum Gasteiger partial charge on any atom is -0.317 e. The van der Waals surface area contributed by atoms with Crippen molar-refractivity contribution < 1.29 is 0 Å². The molecular weight excluding hydrogens is 490 g/mol. The lowest BCUT2D eigenvalue weighted by Gasteiger charge is -2.09. The van der Waals surface area contributed by atoms with E-state index in [1.54, 1.807) is 0 Å². The summed E-state index contributed by atoms with van der Waals surface area (Å²) in [7, 11) is 0. The first kappa shape index (κ1) is 27.5. The summed E-state index contributed by atoms with van der Waals surface area (Å²) in [5.41, 5.74) is 7.23. The molecule has 0 saturated heterocycles. The number of nitrogens with zero attached hydrogens (tertiary/aromatic N) is 4. The lowest BCUT2D eigenvalue weighted by Crippen LogP contribution is -2.24. The zero-order valence-electron chi connectivity index (χ0n) is 23.7. The standard InChI is InChI=1S/C35H39N5/c1-3-22-36-23-11-5-8-14-28-15-9-10-18-30-20-21-31(25-32(30)24-28)34-35(33-19-12-13-27(2)37-33)40(39-38-34)26-29-16-6-4-7-17-29/h4,6-7,9-10,12-13,15-21,24-25,36H,3,5,8,11,14,22-23,26H2,1-2H3/b10-9+,15-9?,18-10?,28-15-,28-24?,30-18+,32-24-. The fraction of sp³-hybridized carbons (Fsp3) is 0.286. The van der Waals surface area contributed by atoms with Crippen LogP contribution in [0.3, 0.4) is 0 Å². The van der Waals surface area contributed by atoms with Gasteiger partial charge in [0, 0.05) is 11.3 Å². The van der Waals surface area contributed by atoms with Gasteiger partial charge in [0.05, 0.1) is 12.2 Å². The Morgan fingerprint density at radius 3 is 2.55 bits per heavy atom. The number of pyridine rings is 1. The summed E-state index contributed by atoms with van der Waals surface area (Å²) >= 11 is 0. The number of unbranched alkanes of at least 4 members (excludes halogenated alkanes) is 2. The maximum Gasteiger partial charge on any atom is 0.122 e. The van der Waals surface area contributed by atoms with E-state index in [1.165, 1.54) is 47.3 Å². The highest BCUT2D eigenvalue weighted by Gasteiger charge is 2.18. The molecule has 0 atom stereocenters. The van der Waals surface area contributed by atoms with E-state index in [9.17, 15) is 0 Å². The number of aryl methyl sites for hydroxylation is 1. The van der Waals surface area contributed by atoms with E-state index in [0.717, 1.165) is 47.8 Å². The van der Waals surface area contributed by atoms with E-state index in [0.29, 0.717) is 6.54 Å². The van der Waals surface area contributed by atoms with Crippen molar-refractivity contribution in [1.29, 1.82) is 0 Å². The second-order valence-electron chi connectivity index (χ2n) is 10.4. The molecule has 5 rings (SSSR count). The quantitative estimate of drug-likeness (QED) is 0.229. The average Bonchev–Trinajstić information content (AvgIpc) is 3.37. The molecule has 1 aliphatic carbocycles. The zero-order valence-corrected chi connectivity index (χ0v) is 23.7. The van der Waals surface area contributed by atoms with Crippen molar-refractivity contribution in [2.24, 2.45) is 0 Å². The van der Waals surface area contributed by atoms with Crippen molar-refractivity contribution >= 4 is 12.2 Å². The van der Waals surface area contributed by atoms with Gasteiger partial charge in [0.2, 0.25) is 0 Å². The Labute approximate surface area is 237 Å². The van der Waals surface area contributed by atoms with Crippen molar-refractivity contribution in [2.45, 2.75) is 52.5 Å². The maximum absolute atomic E-state index is 4.86. The lowest BCUT2D eigenvalue weighted by atomic mass is 10.0. The minimum absolute atomic E-state index is 0.634. The second-order valence-corrected chi connectivity index (χ2v) is 10.4. The number of aromatic nitrogens is 4. The molecule has 0 bridgehead atoms. The maximum atomic E-state index is 4.86. The molecule has 0 saturated carbocycles. The predicted octanol–water partition coefficient (Wildman–Crippen LogP) is 5.98.